The van der Waals surface area contributed by atoms with E-state index in [1.807, 2.05) is 13.1 Å². The predicted molar refractivity (Wildman–Crippen MR) is 58.1 cm³/mol. The molecule has 3 nitrogen and oxygen atoms in total. The lowest BCUT2D eigenvalue weighted by Gasteiger charge is -1.93. The molecule has 0 aliphatic rings. The molecule has 2 heterocycles. The Balaban J connectivity index is 2.25. The van der Waals surface area contributed by atoms with Gasteiger partial charge < -0.3 is 5.32 Å². The lowest BCUT2D eigenvalue weighted by atomic mass is 10.4. The zero-order valence-corrected chi connectivity index (χ0v) is 8.71. The summed E-state index contributed by atoms with van der Waals surface area (Å²) in [6.45, 7) is 0.900. The van der Waals surface area contributed by atoms with E-state index in [2.05, 4.69) is 27.4 Å². The Kier molecular flexibility index (Phi) is 2.86. The molecule has 0 atom stereocenters. The van der Waals surface area contributed by atoms with E-state index in [1.165, 1.54) is 4.88 Å². The second kappa shape index (κ2) is 4.30. The number of rotatable bonds is 3. The lowest BCUT2D eigenvalue weighted by molar-refractivity contribution is 0.831. The van der Waals surface area contributed by atoms with Crippen LogP contribution in [0.15, 0.2) is 30.6 Å². The van der Waals surface area contributed by atoms with E-state index in [1.54, 1.807) is 23.7 Å². The minimum atomic E-state index is 0.805. The number of thiophene rings is 1. The Morgan fingerprint density at radius 3 is 2.79 bits per heavy atom. The van der Waals surface area contributed by atoms with Gasteiger partial charge in [-0.2, -0.15) is 0 Å². The van der Waals surface area contributed by atoms with Gasteiger partial charge in [0.05, 0.1) is 4.88 Å². The molecule has 2 aromatic heterocycles. The van der Waals surface area contributed by atoms with Crippen molar-refractivity contribution in [2.75, 3.05) is 7.05 Å². The summed E-state index contributed by atoms with van der Waals surface area (Å²) < 4.78 is 0. The van der Waals surface area contributed by atoms with Crippen LogP contribution in [0.2, 0.25) is 0 Å². The van der Waals surface area contributed by atoms with Crippen LogP contribution in [0.1, 0.15) is 4.88 Å². The molecule has 0 radical (unpaired) electrons. The van der Waals surface area contributed by atoms with Crippen molar-refractivity contribution in [1.82, 2.24) is 15.3 Å². The molecule has 2 aromatic rings. The van der Waals surface area contributed by atoms with Gasteiger partial charge in [0.25, 0.3) is 0 Å². The fraction of sp³-hybridized carbons (Fsp3) is 0.200. The van der Waals surface area contributed by atoms with Crippen LogP contribution in [0.5, 0.6) is 0 Å². The fourth-order valence-corrected chi connectivity index (χ4v) is 2.16. The summed E-state index contributed by atoms with van der Waals surface area (Å²) in [4.78, 5) is 10.8. The van der Waals surface area contributed by atoms with Gasteiger partial charge in [-0.05, 0) is 25.2 Å². The molecule has 0 fully saturated rings. The van der Waals surface area contributed by atoms with E-state index in [4.69, 9.17) is 0 Å². The summed E-state index contributed by atoms with van der Waals surface area (Å²) in [5.41, 5.74) is 0. The maximum Gasteiger partial charge on any atom is 0.169 e. The van der Waals surface area contributed by atoms with E-state index in [9.17, 15) is 0 Å². The molecule has 0 spiro atoms. The van der Waals surface area contributed by atoms with Crippen molar-refractivity contribution in [3.63, 3.8) is 0 Å². The molecule has 72 valence electrons. The highest BCUT2D eigenvalue weighted by molar-refractivity contribution is 7.15. The fourth-order valence-electron chi connectivity index (χ4n) is 1.19. The van der Waals surface area contributed by atoms with Crippen LogP contribution < -0.4 is 5.32 Å². The number of nitrogens with zero attached hydrogens (tertiary/aromatic N) is 2. The second-order valence-electron chi connectivity index (χ2n) is 2.87. The number of hydrogen-bond acceptors (Lipinski definition) is 4. The van der Waals surface area contributed by atoms with E-state index in [0.29, 0.717) is 0 Å². The van der Waals surface area contributed by atoms with Gasteiger partial charge >= 0.3 is 0 Å². The molecule has 4 heteroatoms. The third-order valence-electron chi connectivity index (χ3n) is 1.80. The van der Waals surface area contributed by atoms with Crippen LogP contribution in [0.3, 0.4) is 0 Å². The molecule has 2 rings (SSSR count). The topological polar surface area (TPSA) is 37.8 Å². The summed E-state index contributed by atoms with van der Waals surface area (Å²) >= 11 is 1.72. The van der Waals surface area contributed by atoms with E-state index in [-0.39, 0.29) is 0 Å². The normalized spacial score (nSPS) is 10.4. The maximum absolute atomic E-state index is 4.20. The van der Waals surface area contributed by atoms with Crippen LogP contribution in [0, 0.1) is 0 Å². The predicted octanol–water partition coefficient (Wildman–Crippen LogP) is 1.92. The molecule has 0 aromatic carbocycles. The molecule has 0 aliphatic heterocycles. The zero-order valence-electron chi connectivity index (χ0n) is 7.90. The van der Waals surface area contributed by atoms with Crippen LogP contribution in [-0.4, -0.2) is 17.0 Å². The summed E-state index contributed by atoms with van der Waals surface area (Å²) in [5, 5.41) is 3.12. The van der Waals surface area contributed by atoms with Gasteiger partial charge in [-0.15, -0.1) is 11.3 Å². The average molecular weight is 205 g/mol. The van der Waals surface area contributed by atoms with Crippen molar-refractivity contribution in [3.8, 4) is 10.7 Å². The SMILES string of the molecule is CNCc1ccc(-c2ncccn2)s1. The number of aromatic nitrogens is 2. The molecule has 0 unspecified atom stereocenters. The largest absolute Gasteiger partial charge is 0.315 e. The van der Waals surface area contributed by atoms with Gasteiger partial charge in [0.2, 0.25) is 0 Å². The van der Waals surface area contributed by atoms with Crippen molar-refractivity contribution < 1.29 is 0 Å². The van der Waals surface area contributed by atoms with Gasteiger partial charge in [0.15, 0.2) is 5.82 Å². The van der Waals surface area contributed by atoms with Crippen LogP contribution in [0.25, 0.3) is 10.7 Å². The van der Waals surface area contributed by atoms with E-state index in [0.717, 1.165) is 17.2 Å². The monoisotopic (exact) mass is 205 g/mol. The van der Waals surface area contributed by atoms with E-state index >= 15 is 0 Å². The van der Waals surface area contributed by atoms with Gasteiger partial charge in [0.1, 0.15) is 0 Å². The highest BCUT2D eigenvalue weighted by Crippen LogP contribution is 2.24. The van der Waals surface area contributed by atoms with Crippen molar-refractivity contribution in [1.29, 1.82) is 0 Å². The van der Waals surface area contributed by atoms with Crippen molar-refractivity contribution in [2.45, 2.75) is 6.54 Å². The molecule has 0 aliphatic carbocycles. The average Bonchev–Trinajstić information content (AvgIpc) is 2.68. The van der Waals surface area contributed by atoms with Crippen LogP contribution in [-0.2, 0) is 6.54 Å². The smallest absolute Gasteiger partial charge is 0.169 e. The highest BCUT2D eigenvalue weighted by atomic mass is 32.1. The number of hydrogen-bond donors (Lipinski definition) is 1. The third kappa shape index (κ3) is 1.97. The van der Waals surface area contributed by atoms with E-state index < -0.39 is 0 Å². The van der Waals surface area contributed by atoms with Crippen molar-refractivity contribution >= 4 is 11.3 Å². The second-order valence-corrected chi connectivity index (χ2v) is 4.04. The van der Waals surface area contributed by atoms with Crippen molar-refractivity contribution in [3.05, 3.63) is 35.5 Å². The molecule has 0 saturated heterocycles. The zero-order chi connectivity index (χ0) is 9.80. The molecule has 0 bridgehead atoms. The van der Waals surface area contributed by atoms with Crippen LogP contribution >= 0.6 is 11.3 Å². The molecular formula is C10H11N3S. The molecule has 1 N–H and O–H groups in total. The van der Waals surface area contributed by atoms with Gasteiger partial charge in [-0.3, -0.25) is 0 Å². The van der Waals surface area contributed by atoms with Gasteiger partial charge in [0, 0.05) is 23.8 Å². The Morgan fingerprint density at radius 1 is 1.29 bits per heavy atom. The van der Waals surface area contributed by atoms with Gasteiger partial charge in [-0.25, -0.2) is 9.97 Å². The first-order valence-corrected chi connectivity index (χ1v) is 5.22. The van der Waals surface area contributed by atoms with Crippen molar-refractivity contribution in [2.24, 2.45) is 0 Å². The summed E-state index contributed by atoms with van der Waals surface area (Å²) in [6.07, 6.45) is 3.53. The first-order chi connectivity index (χ1) is 6.90. The molecule has 0 saturated carbocycles. The Labute approximate surface area is 86.8 Å². The molecular weight excluding hydrogens is 194 g/mol. The maximum atomic E-state index is 4.20. The minimum Gasteiger partial charge on any atom is -0.315 e. The molecule has 14 heavy (non-hydrogen) atoms. The highest BCUT2D eigenvalue weighted by Gasteiger charge is 2.03. The lowest BCUT2D eigenvalue weighted by Crippen LogP contribution is -2.02. The Bertz CT molecular complexity index is 397. The van der Waals surface area contributed by atoms with Crippen LogP contribution in [0.4, 0.5) is 0 Å². The summed E-state index contributed by atoms with van der Waals surface area (Å²) in [5.74, 6) is 0.805. The Morgan fingerprint density at radius 2 is 2.07 bits per heavy atom. The molecule has 0 amide bonds. The van der Waals surface area contributed by atoms with Gasteiger partial charge in [-0.1, -0.05) is 0 Å². The number of nitrogens with one attached hydrogen (secondary N) is 1. The standard InChI is InChI=1S/C10H11N3S/c1-11-7-8-3-4-9(14-8)10-12-5-2-6-13-10/h2-6,11H,7H2,1H3. The summed E-state index contributed by atoms with van der Waals surface area (Å²) in [6, 6.07) is 5.99. The minimum absolute atomic E-state index is 0.805. The first kappa shape index (κ1) is 9.30. The quantitative estimate of drug-likeness (QED) is 0.832. The Hall–Kier alpha value is -1.26. The summed E-state index contributed by atoms with van der Waals surface area (Å²) in [7, 11) is 1.94. The third-order valence-corrected chi connectivity index (χ3v) is 2.88. The first-order valence-electron chi connectivity index (χ1n) is 4.41.